The van der Waals surface area contributed by atoms with E-state index in [9.17, 15) is 4.79 Å². The number of nitrogens with one attached hydrogen (secondary N) is 2. The van der Waals surface area contributed by atoms with Gasteiger partial charge >= 0.3 is 0 Å². The number of benzene rings is 2. The number of nitrogens with zero attached hydrogens (tertiary/aromatic N) is 2. The van der Waals surface area contributed by atoms with E-state index < -0.39 is 0 Å². The van der Waals surface area contributed by atoms with Gasteiger partial charge in [-0.15, -0.1) is 0 Å². The Morgan fingerprint density at radius 2 is 1.83 bits per heavy atom. The molecular formula is C24H26N4O. The molecule has 0 spiro atoms. The monoisotopic (exact) mass is 386 g/mol. The molecule has 1 amide bonds. The van der Waals surface area contributed by atoms with Crippen LogP contribution in [0, 0.1) is 0 Å². The molecule has 2 aromatic carbocycles. The lowest BCUT2D eigenvalue weighted by molar-refractivity contribution is -0.124. The second-order valence-corrected chi connectivity index (χ2v) is 7.30. The van der Waals surface area contributed by atoms with Crippen LogP contribution in [0.5, 0.6) is 0 Å². The van der Waals surface area contributed by atoms with Crippen molar-refractivity contribution < 1.29 is 4.79 Å². The van der Waals surface area contributed by atoms with Crippen LogP contribution in [-0.2, 0) is 17.9 Å². The number of carbonyl (C=O) groups is 1. The number of amides is 1. The highest BCUT2D eigenvalue weighted by molar-refractivity contribution is 5.82. The zero-order chi connectivity index (χ0) is 19.9. The van der Waals surface area contributed by atoms with Crippen LogP contribution in [0.25, 0.3) is 11.1 Å². The number of carbonyl (C=O) groups excluding carboxylic acids is 1. The number of hydrogen-bond donors (Lipinski definition) is 2. The van der Waals surface area contributed by atoms with Crippen LogP contribution >= 0.6 is 0 Å². The van der Waals surface area contributed by atoms with Crippen LogP contribution in [0.15, 0.2) is 79.0 Å². The Hall–Kier alpha value is -3.02. The lowest BCUT2D eigenvalue weighted by atomic mass is 9.99. The predicted molar refractivity (Wildman–Crippen MR) is 115 cm³/mol. The van der Waals surface area contributed by atoms with Crippen molar-refractivity contribution in [1.29, 1.82) is 0 Å². The van der Waals surface area contributed by atoms with Gasteiger partial charge < -0.3 is 10.6 Å². The number of piperazine rings is 1. The normalized spacial score (nSPS) is 17.0. The summed E-state index contributed by atoms with van der Waals surface area (Å²) >= 11 is 0. The summed E-state index contributed by atoms with van der Waals surface area (Å²) in [7, 11) is 0. The second-order valence-electron chi connectivity index (χ2n) is 7.30. The van der Waals surface area contributed by atoms with Crippen LogP contribution < -0.4 is 10.6 Å². The highest BCUT2D eigenvalue weighted by Gasteiger charge is 2.25. The first-order chi connectivity index (χ1) is 14.3. The third-order valence-electron chi connectivity index (χ3n) is 5.24. The third kappa shape index (κ3) is 5.08. The Bertz CT molecular complexity index is 930. The average molecular weight is 386 g/mol. The van der Waals surface area contributed by atoms with Gasteiger partial charge in [-0.25, -0.2) is 0 Å². The summed E-state index contributed by atoms with van der Waals surface area (Å²) in [5, 5.41) is 6.34. The van der Waals surface area contributed by atoms with Crippen molar-refractivity contribution >= 4 is 5.91 Å². The molecule has 0 unspecified atom stereocenters. The van der Waals surface area contributed by atoms with E-state index in [2.05, 4.69) is 69.0 Å². The molecule has 5 heteroatoms. The zero-order valence-electron chi connectivity index (χ0n) is 16.4. The Morgan fingerprint density at radius 1 is 1.03 bits per heavy atom. The van der Waals surface area contributed by atoms with Crippen LogP contribution in [0.2, 0.25) is 0 Å². The van der Waals surface area contributed by atoms with Gasteiger partial charge in [-0.05, 0) is 28.8 Å². The minimum Gasteiger partial charge on any atom is -0.349 e. The molecule has 5 nitrogen and oxygen atoms in total. The molecule has 1 aliphatic rings. The van der Waals surface area contributed by atoms with E-state index in [-0.39, 0.29) is 11.9 Å². The topological polar surface area (TPSA) is 57.3 Å². The Balaban J connectivity index is 1.39. The predicted octanol–water partition coefficient (Wildman–Crippen LogP) is 2.84. The lowest BCUT2D eigenvalue weighted by Gasteiger charge is -2.33. The van der Waals surface area contributed by atoms with Gasteiger partial charge in [-0.3, -0.25) is 14.7 Å². The van der Waals surface area contributed by atoms with Gasteiger partial charge in [-0.1, -0.05) is 60.7 Å². The summed E-state index contributed by atoms with van der Waals surface area (Å²) in [5.41, 5.74) is 4.63. The first-order valence-electron chi connectivity index (χ1n) is 10.1. The van der Waals surface area contributed by atoms with Crippen molar-refractivity contribution in [3.8, 4) is 11.1 Å². The summed E-state index contributed by atoms with van der Waals surface area (Å²) in [6.07, 6.45) is 1.74. The quantitative estimate of drug-likeness (QED) is 0.684. The minimum absolute atomic E-state index is 0.0247. The van der Waals surface area contributed by atoms with E-state index in [1.807, 2.05) is 24.3 Å². The van der Waals surface area contributed by atoms with Crippen LogP contribution in [-0.4, -0.2) is 41.5 Å². The fourth-order valence-electron chi connectivity index (χ4n) is 3.73. The SMILES string of the molecule is O=C(NCc1ccccn1)[C@H]1CN(Cc2ccccc2-c2ccccc2)CCN1. The number of pyridine rings is 1. The molecule has 1 fully saturated rings. The molecule has 1 saturated heterocycles. The van der Waals surface area contributed by atoms with Gasteiger partial charge in [0.25, 0.3) is 0 Å². The van der Waals surface area contributed by atoms with Crippen LogP contribution in [0.1, 0.15) is 11.3 Å². The van der Waals surface area contributed by atoms with Crippen molar-refractivity contribution in [1.82, 2.24) is 20.5 Å². The smallest absolute Gasteiger partial charge is 0.238 e. The maximum absolute atomic E-state index is 12.6. The number of rotatable bonds is 6. The van der Waals surface area contributed by atoms with E-state index in [4.69, 9.17) is 0 Å². The Labute approximate surface area is 171 Å². The Kier molecular flexibility index (Phi) is 6.29. The van der Waals surface area contributed by atoms with Crippen LogP contribution in [0.3, 0.4) is 0 Å². The molecule has 1 aliphatic heterocycles. The van der Waals surface area contributed by atoms with Crippen molar-refractivity contribution in [3.63, 3.8) is 0 Å². The molecule has 148 valence electrons. The number of hydrogen-bond acceptors (Lipinski definition) is 4. The first-order valence-corrected chi connectivity index (χ1v) is 10.1. The van der Waals surface area contributed by atoms with Crippen molar-refractivity contribution in [2.45, 2.75) is 19.1 Å². The van der Waals surface area contributed by atoms with E-state index in [0.29, 0.717) is 13.1 Å². The van der Waals surface area contributed by atoms with Gasteiger partial charge in [0.1, 0.15) is 0 Å². The molecule has 0 aliphatic carbocycles. The van der Waals surface area contributed by atoms with Crippen LogP contribution in [0.4, 0.5) is 0 Å². The molecule has 3 aromatic rings. The summed E-state index contributed by atoms with van der Waals surface area (Å²) < 4.78 is 0. The standard InChI is InChI=1S/C24H26N4O/c29-24(27-16-21-11-6-7-13-25-21)23-18-28(15-14-26-23)17-20-10-4-5-12-22(20)19-8-2-1-3-9-19/h1-13,23,26H,14-18H2,(H,27,29)/t23-/m1/s1. The lowest BCUT2D eigenvalue weighted by Crippen LogP contribution is -2.56. The molecule has 1 atom stereocenters. The third-order valence-corrected chi connectivity index (χ3v) is 5.24. The van der Waals surface area contributed by atoms with Gasteiger partial charge in [0, 0.05) is 32.4 Å². The molecule has 1 aromatic heterocycles. The van der Waals surface area contributed by atoms with Crippen molar-refractivity contribution in [3.05, 3.63) is 90.3 Å². The van der Waals surface area contributed by atoms with Crippen molar-refractivity contribution in [2.24, 2.45) is 0 Å². The molecular weight excluding hydrogens is 360 g/mol. The molecule has 0 saturated carbocycles. The second kappa shape index (κ2) is 9.45. The highest BCUT2D eigenvalue weighted by atomic mass is 16.2. The minimum atomic E-state index is -0.212. The Morgan fingerprint density at radius 3 is 2.66 bits per heavy atom. The molecule has 2 N–H and O–H groups in total. The van der Waals surface area contributed by atoms with Gasteiger partial charge in [-0.2, -0.15) is 0 Å². The molecule has 29 heavy (non-hydrogen) atoms. The average Bonchev–Trinajstić information content (AvgIpc) is 2.79. The summed E-state index contributed by atoms with van der Waals surface area (Å²) in [4.78, 5) is 19.2. The van der Waals surface area contributed by atoms with Gasteiger partial charge in [0.05, 0.1) is 18.3 Å². The first kappa shape index (κ1) is 19.3. The maximum atomic E-state index is 12.6. The van der Waals surface area contributed by atoms with E-state index in [0.717, 1.165) is 25.3 Å². The molecule has 4 rings (SSSR count). The molecule has 0 bridgehead atoms. The van der Waals surface area contributed by atoms with E-state index in [1.165, 1.54) is 16.7 Å². The summed E-state index contributed by atoms with van der Waals surface area (Å²) in [6.45, 7) is 3.70. The fraction of sp³-hybridized carbons (Fsp3) is 0.250. The maximum Gasteiger partial charge on any atom is 0.238 e. The fourth-order valence-corrected chi connectivity index (χ4v) is 3.73. The van der Waals surface area contributed by atoms with Gasteiger partial charge in [0.15, 0.2) is 0 Å². The molecule has 2 heterocycles. The highest BCUT2D eigenvalue weighted by Crippen LogP contribution is 2.24. The number of aromatic nitrogens is 1. The molecule has 0 radical (unpaired) electrons. The largest absolute Gasteiger partial charge is 0.349 e. The zero-order valence-corrected chi connectivity index (χ0v) is 16.4. The van der Waals surface area contributed by atoms with Gasteiger partial charge in [0.2, 0.25) is 5.91 Å². The summed E-state index contributed by atoms with van der Waals surface area (Å²) in [6, 6.07) is 24.5. The van der Waals surface area contributed by atoms with E-state index >= 15 is 0 Å². The van der Waals surface area contributed by atoms with E-state index in [1.54, 1.807) is 6.20 Å². The van der Waals surface area contributed by atoms with Crippen molar-refractivity contribution in [2.75, 3.05) is 19.6 Å². The summed E-state index contributed by atoms with van der Waals surface area (Å²) in [5.74, 6) is 0.0247.